The van der Waals surface area contributed by atoms with Gasteiger partial charge in [0.25, 0.3) is 15.7 Å². The molecule has 2 aromatic carbocycles. The Kier molecular flexibility index (Phi) is 6.77. The van der Waals surface area contributed by atoms with E-state index in [1.165, 1.54) is 18.3 Å². The van der Waals surface area contributed by atoms with Gasteiger partial charge in [-0.3, -0.25) is 15.4 Å². The predicted octanol–water partition coefficient (Wildman–Crippen LogP) is 3.24. The smallest absolute Gasteiger partial charge is 0.335 e. The van der Waals surface area contributed by atoms with E-state index in [4.69, 9.17) is 4.74 Å². The first-order valence-corrected chi connectivity index (χ1v) is 10.8. The minimum absolute atomic E-state index is 0.0535. The summed E-state index contributed by atoms with van der Waals surface area (Å²) in [4.78, 5) is 29.7. The fourth-order valence-electron chi connectivity index (χ4n) is 2.37. The number of nitro groups is 1. The quantitative estimate of drug-likeness (QED) is 0.364. The number of carbonyl (C=O) groups is 1. The number of urea groups is 1. The van der Waals surface area contributed by atoms with Crippen LogP contribution in [0.2, 0.25) is 0 Å². The summed E-state index contributed by atoms with van der Waals surface area (Å²) in [7, 11) is -4.51. The summed E-state index contributed by atoms with van der Waals surface area (Å²) in [5.74, 6) is 0.418. The Morgan fingerprint density at radius 2 is 1.81 bits per heavy atom. The number of para-hydroxylation sites is 2. The van der Waals surface area contributed by atoms with Gasteiger partial charge in [-0.25, -0.2) is 27.9 Å². The molecule has 1 heterocycles. The lowest BCUT2D eigenvalue weighted by Crippen LogP contribution is -2.35. The molecule has 0 aliphatic carbocycles. The first kappa shape index (κ1) is 22.1. The average Bonchev–Trinajstić information content (AvgIpc) is 2.74. The highest BCUT2D eigenvalue weighted by molar-refractivity contribution is 9.10. The van der Waals surface area contributed by atoms with E-state index in [0.717, 1.165) is 12.1 Å². The fraction of sp³-hybridized carbons (Fsp3) is 0.0556. The Hall–Kier alpha value is -3.58. The van der Waals surface area contributed by atoms with Crippen molar-refractivity contribution in [3.63, 3.8) is 0 Å². The number of ether oxygens (including phenoxy) is 1. The van der Waals surface area contributed by atoms with Crippen molar-refractivity contribution >= 4 is 43.6 Å². The molecule has 0 fully saturated rings. The Morgan fingerprint density at radius 1 is 1.13 bits per heavy atom. The molecule has 11 nitrogen and oxygen atoms in total. The molecule has 0 radical (unpaired) electrons. The van der Waals surface area contributed by atoms with Gasteiger partial charge < -0.3 is 4.74 Å². The second-order valence-corrected chi connectivity index (χ2v) is 8.38. The third kappa shape index (κ3) is 5.73. The summed E-state index contributed by atoms with van der Waals surface area (Å²) >= 11 is 3.28. The third-order valence-electron chi connectivity index (χ3n) is 3.74. The number of hydrogen-bond acceptors (Lipinski definition) is 8. The maximum Gasteiger partial charge on any atom is 0.335 e. The number of aromatic nitrogens is 2. The Morgan fingerprint density at radius 3 is 2.52 bits per heavy atom. The lowest BCUT2D eigenvalue weighted by molar-refractivity contribution is -0.387. The summed E-state index contributed by atoms with van der Waals surface area (Å²) in [6.07, 6.45) is 1.36. The van der Waals surface area contributed by atoms with Crippen LogP contribution in [0, 0.1) is 10.1 Å². The summed E-state index contributed by atoms with van der Waals surface area (Å²) in [5.41, 5.74) is -0.265. The number of nitro benzene ring substituents is 1. The van der Waals surface area contributed by atoms with E-state index in [9.17, 15) is 23.3 Å². The summed E-state index contributed by atoms with van der Waals surface area (Å²) in [5, 5.41) is 13.2. The highest BCUT2D eigenvalue weighted by atomic mass is 79.9. The fourth-order valence-corrected chi connectivity index (χ4v) is 3.76. The largest absolute Gasteiger partial charge is 0.487 e. The third-order valence-corrected chi connectivity index (χ3v) is 5.78. The maximum atomic E-state index is 12.4. The molecule has 3 rings (SSSR count). The molecule has 0 unspecified atom stereocenters. The highest BCUT2D eigenvalue weighted by Gasteiger charge is 2.27. The van der Waals surface area contributed by atoms with E-state index >= 15 is 0 Å². The van der Waals surface area contributed by atoms with Crippen molar-refractivity contribution in [2.45, 2.75) is 11.5 Å². The van der Waals surface area contributed by atoms with Gasteiger partial charge >= 0.3 is 6.03 Å². The molecule has 13 heteroatoms. The molecule has 2 amide bonds. The topological polar surface area (TPSA) is 153 Å². The molecule has 0 atom stereocenters. The second-order valence-electron chi connectivity index (χ2n) is 5.87. The van der Waals surface area contributed by atoms with E-state index in [1.807, 2.05) is 6.07 Å². The summed E-state index contributed by atoms with van der Waals surface area (Å²) in [6, 6.07) is 12.4. The number of carbonyl (C=O) groups excluding carboxylic acids is 1. The van der Waals surface area contributed by atoms with Crippen molar-refractivity contribution in [2.24, 2.45) is 0 Å². The minimum Gasteiger partial charge on any atom is -0.487 e. The molecular formula is C18H14BrN5O6S. The molecule has 1 aromatic heterocycles. The molecule has 0 saturated carbocycles. The molecule has 3 aromatic rings. The van der Waals surface area contributed by atoms with Crippen molar-refractivity contribution in [2.75, 3.05) is 5.32 Å². The van der Waals surface area contributed by atoms with Crippen molar-refractivity contribution in [1.82, 2.24) is 14.7 Å². The van der Waals surface area contributed by atoms with Crippen LogP contribution in [0.1, 0.15) is 5.69 Å². The van der Waals surface area contributed by atoms with Gasteiger partial charge in [-0.05, 0) is 34.1 Å². The van der Waals surface area contributed by atoms with E-state index in [1.54, 1.807) is 29.0 Å². The van der Waals surface area contributed by atoms with Gasteiger partial charge in [-0.1, -0.05) is 30.3 Å². The lowest BCUT2D eigenvalue weighted by atomic mass is 10.3. The number of rotatable bonds is 7. The number of anilines is 1. The van der Waals surface area contributed by atoms with Crippen LogP contribution in [-0.2, 0) is 16.6 Å². The molecule has 31 heavy (non-hydrogen) atoms. The van der Waals surface area contributed by atoms with Crippen LogP contribution in [0.25, 0.3) is 0 Å². The number of sulfonamides is 1. The second kappa shape index (κ2) is 9.49. The monoisotopic (exact) mass is 507 g/mol. The van der Waals surface area contributed by atoms with E-state index in [0.29, 0.717) is 15.9 Å². The molecule has 2 N–H and O–H groups in total. The van der Waals surface area contributed by atoms with E-state index < -0.39 is 31.6 Å². The van der Waals surface area contributed by atoms with Crippen molar-refractivity contribution in [3.05, 3.63) is 81.1 Å². The van der Waals surface area contributed by atoms with Gasteiger partial charge in [-0.15, -0.1) is 0 Å². The van der Waals surface area contributed by atoms with E-state index in [-0.39, 0.29) is 12.6 Å². The van der Waals surface area contributed by atoms with Crippen LogP contribution < -0.4 is 14.8 Å². The molecule has 0 aliphatic rings. The van der Waals surface area contributed by atoms with Gasteiger partial charge in [0.15, 0.2) is 4.90 Å². The van der Waals surface area contributed by atoms with Gasteiger partial charge in [-0.2, -0.15) is 0 Å². The Bertz CT molecular complexity index is 1220. The molecule has 0 aliphatic heterocycles. The summed E-state index contributed by atoms with van der Waals surface area (Å²) < 4.78 is 32.6. The van der Waals surface area contributed by atoms with Crippen molar-refractivity contribution in [1.29, 1.82) is 0 Å². The Labute approximate surface area is 184 Å². The van der Waals surface area contributed by atoms with Gasteiger partial charge in [0.2, 0.25) is 5.95 Å². The van der Waals surface area contributed by atoms with Gasteiger partial charge in [0.1, 0.15) is 12.4 Å². The molecule has 160 valence electrons. The van der Waals surface area contributed by atoms with Crippen LogP contribution in [0.15, 0.2) is 70.2 Å². The number of halogens is 1. The number of benzene rings is 2. The van der Waals surface area contributed by atoms with Crippen LogP contribution in [0.5, 0.6) is 5.75 Å². The number of hydrogen-bond donors (Lipinski definition) is 2. The van der Waals surface area contributed by atoms with Crippen LogP contribution in [-0.4, -0.2) is 29.3 Å². The van der Waals surface area contributed by atoms with Gasteiger partial charge in [0.05, 0.1) is 15.1 Å². The van der Waals surface area contributed by atoms with Crippen LogP contribution in [0.4, 0.5) is 16.4 Å². The molecule has 0 saturated heterocycles. The standard InChI is InChI=1S/C18H14BrN5O6S/c19-13-10-20-17(21-14(13)11-30-12-6-2-1-3-7-12)22-18(25)23-31(28,29)16-9-5-4-8-15(16)24(26)27/h1-10H,11H2,(H2,20,21,22,23,25). The zero-order valence-electron chi connectivity index (χ0n) is 15.6. The SMILES string of the molecule is O=C(Nc1ncc(Br)c(COc2ccccc2)n1)NS(=O)(=O)c1ccccc1[N+](=O)[O-]. The van der Waals surface area contributed by atoms with E-state index in [2.05, 4.69) is 31.2 Å². The van der Waals surface area contributed by atoms with Crippen LogP contribution >= 0.6 is 15.9 Å². The molecule has 0 bridgehead atoms. The minimum atomic E-state index is -4.51. The maximum absolute atomic E-state index is 12.4. The van der Waals surface area contributed by atoms with Crippen LogP contribution in [0.3, 0.4) is 0 Å². The zero-order chi connectivity index (χ0) is 22.4. The lowest BCUT2D eigenvalue weighted by Gasteiger charge is -2.10. The summed E-state index contributed by atoms with van der Waals surface area (Å²) in [6.45, 7) is 0.0535. The molecule has 0 spiro atoms. The van der Waals surface area contributed by atoms with Crippen molar-refractivity contribution in [3.8, 4) is 5.75 Å². The number of nitrogens with zero attached hydrogens (tertiary/aromatic N) is 3. The first-order chi connectivity index (χ1) is 14.8. The average molecular weight is 508 g/mol. The first-order valence-electron chi connectivity index (χ1n) is 8.53. The predicted molar refractivity (Wildman–Crippen MR) is 113 cm³/mol. The zero-order valence-corrected chi connectivity index (χ0v) is 18.0. The van der Waals surface area contributed by atoms with Crippen molar-refractivity contribution < 1.29 is 22.9 Å². The normalized spacial score (nSPS) is 10.9. The number of nitrogens with one attached hydrogen (secondary N) is 2. The van der Waals surface area contributed by atoms with Gasteiger partial charge in [0, 0.05) is 12.3 Å². The molecular weight excluding hydrogens is 494 g/mol. The number of amides is 2. The highest BCUT2D eigenvalue weighted by Crippen LogP contribution is 2.23. The Balaban J connectivity index is 1.71.